The van der Waals surface area contributed by atoms with Gasteiger partial charge in [-0.05, 0) is 36.1 Å². The first-order valence-corrected chi connectivity index (χ1v) is 7.58. The lowest BCUT2D eigenvalue weighted by Gasteiger charge is -2.30. The Kier molecular flexibility index (Phi) is 3.18. The molecule has 4 heteroatoms. The van der Waals surface area contributed by atoms with E-state index in [1.54, 1.807) is 11.3 Å². The number of fused-ring (bicyclic) bond motifs is 1. The molecule has 3 rings (SSSR count). The molecule has 0 bridgehead atoms. The van der Waals surface area contributed by atoms with Crippen LogP contribution in [0.2, 0.25) is 0 Å². The van der Waals surface area contributed by atoms with Crippen molar-refractivity contribution in [2.45, 2.75) is 25.5 Å². The van der Waals surface area contributed by atoms with E-state index in [0.29, 0.717) is 0 Å². The average Bonchev–Trinajstić information content (AvgIpc) is 2.74. The van der Waals surface area contributed by atoms with Crippen LogP contribution in [-0.2, 0) is 0 Å². The Labute approximate surface area is 119 Å². The highest BCUT2D eigenvalue weighted by Gasteiger charge is 2.28. The van der Waals surface area contributed by atoms with Crippen LogP contribution in [0.1, 0.15) is 34.6 Å². The Balaban J connectivity index is 1.98. The molecule has 0 radical (unpaired) electrons. The number of thiophene rings is 1. The van der Waals surface area contributed by atoms with Gasteiger partial charge in [0.2, 0.25) is 0 Å². The fraction of sp³-hybridized carbons (Fsp3) is 0.286. The van der Waals surface area contributed by atoms with Crippen molar-refractivity contribution in [2.24, 2.45) is 5.73 Å². The maximum Gasteiger partial charge on any atom is 0.135 e. The highest BCUT2D eigenvalue weighted by atomic mass is 79.9. The van der Waals surface area contributed by atoms with Crippen molar-refractivity contribution in [3.63, 3.8) is 0 Å². The molecule has 94 valence electrons. The van der Waals surface area contributed by atoms with E-state index in [-0.39, 0.29) is 12.1 Å². The minimum atomic E-state index is 0.0494. The topological polar surface area (TPSA) is 35.2 Å². The number of ether oxygens (including phenoxy) is 1. The zero-order valence-corrected chi connectivity index (χ0v) is 12.4. The molecule has 2 nitrogen and oxygen atoms in total. The molecule has 1 aliphatic heterocycles. The summed E-state index contributed by atoms with van der Waals surface area (Å²) in [5, 5.41) is 2.11. The van der Waals surface area contributed by atoms with Gasteiger partial charge in [-0.2, -0.15) is 0 Å². The first-order valence-electron chi connectivity index (χ1n) is 5.91. The van der Waals surface area contributed by atoms with Gasteiger partial charge in [-0.1, -0.05) is 22.0 Å². The molecule has 1 unspecified atom stereocenters. The number of benzene rings is 1. The zero-order chi connectivity index (χ0) is 12.7. The van der Waals surface area contributed by atoms with Gasteiger partial charge in [-0.3, -0.25) is 0 Å². The fourth-order valence-electron chi connectivity index (χ4n) is 2.35. The molecule has 0 fully saturated rings. The number of hydrogen-bond donors (Lipinski definition) is 1. The molecule has 2 N–H and O–H groups in total. The van der Waals surface area contributed by atoms with Crippen LogP contribution in [0.5, 0.6) is 5.75 Å². The highest BCUT2D eigenvalue weighted by Crippen LogP contribution is 2.42. The largest absolute Gasteiger partial charge is 0.484 e. The van der Waals surface area contributed by atoms with Gasteiger partial charge in [0.25, 0.3) is 0 Å². The maximum absolute atomic E-state index is 6.25. The number of rotatable bonds is 1. The van der Waals surface area contributed by atoms with E-state index in [2.05, 4.69) is 34.3 Å². The van der Waals surface area contributed by atoms with Crippen molar-refractivity contribution in [3.05, 3.63) is 50.1 Å². The van der Waals surface area contributed by atoms with Crippen LogP contribution in [0.25, 0.3) is 0 Å². The molecule has 0 spiro atoms. The van der Waals surface area contributed by atoms with Crippen LogP contribution in [0.3, 0.4) is 0 Å². The Morgan fingerprint density at radius 2 is 2.22 bits per heavy atom. The standard InChI is InChI=1S/C14H14BrNOS/c1-8-4-5-18-14(8)13-7-11(16)10-3-2-9(15)6-12(10)17-13/h2-6,11,13H,7,16H2,1H3/t11-,13?/m1/s1. The highest BCUT2D eigenvalue weighted by molar-refractivity contribution is 9.10. The number of nitrogens with two attached hydrogens (primary N) is 1. The van der Waals surface area contributed by atoms with Gasteiger partial charge in [0, 0.05) is 27.4 Å². The Bertz CT molecular complexity index is 581. The van der Waals surface area contributed by atoms with E-state index in [0.717, 1.165) is 22.2 Å². The molecule has 0 amide bonds. The molecular weight excluding hydrogens is 310 g/mol. The van der Waals surface area contributed by atoms with Crippen molar-refractivity contribution in [1.82, 2.24) is 0 Å². The van der Waals surface area contributed by atoms with Gasteiger partial charge >= 0.3 is 0 Å². The maximum atomic E-state index is 6.25. The predicted octanol–water partition coefficient (Wildman–Crippen LogP) is 4.34. The van der Waals surface area contributed by atoms with Crippen LogP contribution in [-0.4, -0.2) is 0 Å². The molecule has 0 saturated heterocycles. The van der Waals surface area contributed by atoms with Crippen LogP contribution < -0.4 is 10.5 Å². The van der Waals surface area contributed by atoms with Crippen molar-refractivity contribution < 1.29 is 4.74 Å². The van der Waals surface area contributed by atoms with E-state index in [1.807, 2.05) is 18.2 Å². The van der Waals surface area contributed by atoms with E-state index in [1.165, 1.54) is 10.4 Å². The summed E-state index contributed by atoms with van der Waals surface area (Å²) in [4.78, 5) is 1.29. The lowest BCUT2D eigenvalue weighted by molar-refractivity contribution is 0.164. The summed E-state index contributed by atoms with van der Waals surface area (Å²) in [6.45, 7) is 2.12. The van der Waals surface area contributed by atoms with E-state index >= 15 is 0 Å². The van der Waals surface area contributed by atoms with Crippen LogP contribution in [0.15, 0.2) is 34.1 Å². The van der Waals surface area contributed by atoms with Gasteiger partial charge in [0.05, 0.1) is 0 Å². The third-order valence-electron chi connectivity index (χ3n) is 3.31. The second-order valence-corrected chi connectivity index (χ2v) is 6.46. The van der Waals surface area contributed by atoms with Crippen LogP contribution >= 0.6 is 27.3 Å². The lowest BCUT2D eigenvalue weighted by atomic mass is 9.96. The molecule has 0 aliphatic carbocycles. The Morgan fingerprint density at radius 1 is 1.39 bits per heavy atom. The second-order valence-electron chi connectivity index (χ2n) is 4.60. The minimum Gasteiger partial charge on any atom is -0.484 e. The van der Waals surface area contributed by atoms with E-state index in [9.17, 15) is 0 Å². The van der Waals surface area contributed by atoms with Gasteiger partial charge in [-0.25, -0.2) is 0 Å². The summed E-state index contributed by atoms with van der Waals surface area (Å²) in [7, 11) is 0. The first kappa shape index (κ1) is 12.2. The number of halogens is 1. The third-order valence-corrected chi connectivity index (χ3v) is 4.91. The van der Waals surface area contributed by atoms with Crippen molar-refractivity contribution >= 4 is 27.3 Å². The summed E-state index contributed by atoms with van der Waals surface area (Å²) in [5.74, 6) is 0.904. The van der Waals surface area contributed by atoms with Gasteiger partial charge < -0.3 is 10.5 Å². The van der Waals surface area contributed by atoms with E-state index in [4.69, 9.17) is 10.5 Å². The normalized spacial score (nSPS) is 22.4. The van der Waals surface area contributed by atoms with E-state index < -0.39 is 0 Å². The van der Waals surface area contributed by atoms with Crippen LogP contribution in [0, 0.1) is 6.92 Å². The van der Waals surface area contributed by atoms with Crippen molar-refractivity contribution in [2.75, 3.05) is 0 Å². The first-order chi connectivity index (χ1) is 8.65. The quantitative estimate of drug-likeness (QED) is 0.847. The fourth-order valence-corrected chi connectivity index (χ4v) is 3.66. The summed E-state index contributed by atoms with van der Waals surface area (Å²) in [6, 6.07) is 8.24. The molecule has 2 atom stereocenters. The lowest BCUT2D eigenvalue weighted by Crippen LogP contribution is -2.23. The summed E-state index contributed by atoms with van der Waals surface area (Å²) >= 11 is 5.22. The monoisotopic (exact) mass is 323 g/mol. The summed E-state index contributed by atoms with van der Waals surface area (Å²) in [5.41, 5.74) is 8.64. The molecule has 1 aromatic heterocycles. The van der Waals surface area contributed by atoms with Crippen molar-refractivity contribution in [1.29, 1.82) is 0 Å². The molecule has 0 saturated carbocycles. The summed E-state index contributed by atoms with van der Waals surface area (Å²) < 4.78 is 7.13. The van der Waals surface area contributed by atoms with Gasteiger partial charge in [0.1, 0.15) is 11.9 Å². The third kappa shape index (κ3) is 2.09. The zero-order valence-electron chi connectivity index (χ0n) is 10.0. The molecule has 2 aromatic rings. The summed E-state index contributed by atoms with van der Waals surface area (Å²) in [6.07, 6.45) is 0.928. The smallest absolute Gasteiger partial charge is 0.135 e. The van der Waals surface area contributed by atoms with Gasteiger partial charge in [-0.15, -0.1) is 11.3 Å². The minimum absolute atomic E-state index is 0.0494. The molecule has 2 heterocycles. The molecular formula is C14H14BrNOS. The predicted molar refractivity (Wildman–Crippen MR) is 78.1 cm³/mol. The number of hydrogen-bond acceptors (Lipinski definition) is 3. The van der Waals surface area contributed by atoms with Crippen molar-refractivity contribution in [3.8, 4) is 5.75 Å². The number of aryl methyl sites for hydroxylation is 1. The molecule has 1 aromatic carbocycles. The molecule has 1 aliphatic rings. The van der Waals surface area contributed by atoms with Gasteiger partial charge in [0.15, 0.2) is 0 Å². The van der Waals surface area contributed by atoms with Crippen LogP contribution in [0.4, 0.5) is 0 Å². The average molecular weight is 324 g/mol. The Hall–Kier alpha value is -0.840. The Morgan fingerprint density at radius 3 is 2.94 bits per heavy atom. The second kappa shape index (κ2) is 4.68. The SMILES string of the molecule is Cc1ccsc1C1C[C@@H](N)c2ccc(Br)cc2O1. The molecule has 18 heavy (non-hydrogen) atoms.